The first kappa shape index (κ1) is 16.9. The smallest absolute Gasteiger partial charge is 0.244 e. The Kier molecular flexibility index (Phi) is 6.91. The molecule has 5 nitrogen and oxygen atoms in total. The molecule has 0 aliphatic heterocycles. The third kappa shape index (κ3) is 7.27. The summed E-state index contributed by atoms with van der Waals surface area (Å²) in [4.78, 5) is 25.0. The molecule has 2 N–H and O–H groups in total. The fourth-order valence-electron chi connectivity index (χ4n) is 1.41. The lowest BCUT2D eigenvalue weighted by Crippen LogP contribution is -2.46. The largest absolute Gasteiger partial charge is 0.345 e. The quantitative estimate of drug-likeness (QED) is 0.738. The van der Waals surface area contributed by atoms with E-state index in [-0.39, 0.29) is 17.4 Å². The molecule has 18 heavy (non-hydrogen) atoms. The summed E-state index contributed by atoms with van der Waals surface area (Å²) in [5.74, 6) is -0.160. The minimum Gasteiger partial charge on any atom is -0.345 e. The summed E-state index contributed by atoms with van der Waals surface area (Å²) in [6.07, 6.45) is 0.380. The summed E-state index contributed by atoms with van der Waals surface area (Å²) in [6, 6.07) is -0.461. The zero-order valence-electron chi connectivity index (χ0n) is 12.5. The first-order valence-corrected chi connectivity index (χ1v) is 6.46. The van der Waals surface area contributed by atoms with E-state index in [0.717, 1.165) is 0 Å². The van der Waals surface area contributed by atoms with Gasteiger partial charge in [0.2, 0.25) is 11.8 Å². The van der Waals surface area contributed by atoms with Crippen molar-refractivity contribution in [1.82, 2.24) is 15.5 Å². The van der Waals surface area contributed by atoms with Crippen LogP contribution in [0.2, 0.25) is 0 Å². The molecule has 0 spiro atoms. The highest BCUT2D eigenvalue weighted by molar-refractivity contribution is 5.87. The van der Waals surface area contributed by atoms with Gasteiger partial charge in [0.05, 0.1) is 0 Å². The molecule has 0 aromatic heterocycles. The van der Waals surface area contributed by atoms with Crippen LogP contribution in [0.3, 0.4) is 0 Å². The minimum atomic E-state index is -0.461. The first-order chi connectivity index (χ1) is 8.17. The monoisotopic (exact) mass is 257 g/mol. The van der Waals surface area contributed by atoms with Crippen LogP contribution in [0.25, 0.3) is 0 Å². The molecule has 106 valence electrons. The van der Waals surface area contributed by atoms with Gasteiger partial charge < -0.3 is 15.5 Å². The van der Waals surface area contributed by atoms with Gasteiger partial charge in [0.1, 0.15) is 6.04 Å². The van der Waals surface area contributed by atoms with Crippen LogP contribution in [0, 0.1) is 0 Å². The highest BCUT2D eigenvalue weighted by Crippen LogP contribution is 1.98. The highest BCUT2D eigenvalue weighted by Gasteiger charge is 2.18. The maximum atomic E-state index is 11.7. The third-order valence-corrected chi connectivity index (χ3v) is 2.61. The van der Waals surface area contributed by atoms with Gasteiger partial charge in [-0.3, -0.25) is 9.59 Å². The standard InChI is InChI=1S/C13H27N3O2/c1-7-16(6)12(18)10(2)15-11(17)8-9-14-13(3,4)5/h10,14H,7-9H2,1-6H3,(H,15,17). The van der Waals surface area contributed by atoms with Crippen molar-refractivity contribution in [2.45, 2.75) is 52.6 Å². The molecule has 0 bridgehead atoms. The molecule has 1 unspecified atom stereocenters. The second-order valence-electron chi connectivity index (χ2n) is 5.57. The van der Waals surface area contributed by atoms with Gasteiger partial charge in [-0.25, -0.2) is 0 Å². The van der Waals surface area contributed by atoms with Crippen molar-refractivity contribution in [2.24, 2.45) is 0 Å². The van der Waals surface area contributed by atoms with Crippen molar-refractivity contribution in [3.05, 3.63) is 0 Å². The van der Waals surface area contributed by atoms with Gasteiger partial charge in [-0.1, -0.05) is 0 Å². The predicted octanol–water partition coefficient (Wildman–Crippen LogP) is 0.748. The lowest BCUT2D eigenvalue weighted by atomic mass is 10.1. The molecule has 0 radical (unpaired) electrons. The van der Waals surface area contributed by atoms with E-state index in [2.05, 4.69) is 10.6 Å². The third-order valence-electron chi connectivity index (χ3n) is 2.61. The summed E-state index contributed by atoms with van der Waals surface area (Å²) in [5.41, 5.74) is 0.00411. The number of likely N-dealkylation sites (N-methyl/N-ethyl adjacent to an activating group) is 1. The number of hydrogen-bond acceptors (Lipinski definition) is 3. The van der Waals surface area contributed by atoms with E-state index in [9.17, 15) is 9.59 Å². The molecule has 5 heteroatoms. The second-order valence-corrected chi connectivity index (χ2v) is 5.57. The van der Waals surface area contributed by atoms with E-state index in [1.165, 1.54) is 0 Å². The normalized spacial score (nSPS) is 13.0. The van der Waals surface area contributed by atoms with Crippen molar-refractivity contribution in [2.75, 3.05) is 20.1 Å². The molecule has 1 atom stereocenters. The summed E-state index contributed by atoms with van der Waals surface area (Å²) >= 11 is 0. The van der Waals surface area contributed by atoms with E-state index in [4.69, 9.17) is 0 Å². The van der Waals surface area contributed by atoms with Gasteiger partial charge >= 0.3 is 0 Å². The average Bonchev–Trinajstić information content (AvgIpc) is 2.24. The number of nitrogens with one attached hydrogen (secondary N) is 2. The van der Waals surface area contributed by atoms with Gasteiger partial charge in [0.25, 0.3) is 0 Å². The number of carbonyl (C=O) groups excluding carboxylic acids is 2. The second kappa shape index (κ2) is 7.36. The minimum absolute atomic E-state index is 0.00411. The Morgan fingerprint density at radius 2 is 1.83 bits per heavy atom. The Labute approximate surface area is 110 Å². The summed E-state index contributed by atoms with van der Waals surface area (Å²) in [7, 11) is 1.73. The Morgan fingerprint density at radius 1 is 1.28 bits per heavy atom. The van der Waals surface area contributed by atoms with Crippen LogP contribution in [0.1, 0.15) is 41.0 Å². The Hall–Kier alpha value is -1.10. The summed E-state index contributed by atoms with van der Waals surface area (Å²) < 4.78 is 0. The topological polar surface area (TPSA) is 61.4 Å². The molecule has 0 saturated heterocycles. The molecule has 0 rings (SSSR count). The van der Waals surface area contributed by atoms with Gasteiger partial charge in [-0.15, -0.1) is 0 Å². The lowest BCUT2D eigenvalue weighted by Gasteiger charge is -2.22. The molecular weight excluding hydrogens is 230 g/mol. The van der Waals surface area contributed by atoms with Crippen LogP contribution in [0.5, 0.6) is 0 Å². The Balaban J connectivity index is 3.98. The lowest BCUT2D eigenvalue weighted by molar-refractivity contribution is -0.134. The van der Waals surface area contributed by atoms with Crippen LogP contribution in [0.15, 0.2) is 0 Å². The molecule has 0 saturated carbocycles. The van der Waals surface area contributed by atoms with Crippen LogP contribution < -0.4 is 10.6 Å². The van der Waals surface area contributed by atoms with Crippen molar-refractivity contribution >= 4 is 11.8 Å². The number of carbonyl (C=O) groups is 2. The van der Waals surface area contributed by atoms with Crippen LogP contribution in [0.4, 0.5) is 0 Å². The molecule has 0 aromatic rings. The first-order valence-electron chi connectivity index (χ1n) is 6.46. The summed E-state index contributed by atoms with van der Waals surface area (Å²) in [6.45, 7) is 11.0. The molecule has 0 aliphatic carbocycles. The van der Waals surface area contributed by atoms with Gasteiger partial charge in [-0.2, -0.15) is 0 Å². The number of hydrogen-bond donors (Lipinski definition) is 2. The van der Waals surface area contributed by atoms with E-state index < -0.39 is 6.04 Å². The van der Waals surface area contributed by atoms with Crippen LogP contribution in [-0.2, 0) is 9.59 Å². The number of nitrogens with zero attached hydrogens (tertiary/aromatic N) is 1. The van der Waals surface area contributed by atoms with Crippen LogP contribution in [-0.4, -0.2) is 48.4 Å². The van der Waals surface area contributed by atoms with E-state index in [1.54, 1.807) is 18.9 Å². The molecule has 0 heterocycles. The Bertz CT molecular complexity index is 284. The van der Waals surface area contributed by atoms with Gasteiger partial charge in [-0.05, 0) is 34.6 Å². The number of amides is 2. The molecular formula is C13H27N3O2. The molecule has 0 fully saturated rings. The van der Waals surface area contributed by atoms with E-state index in [0.29, 0.717) is 19.5 Å². The highest BCUT2D eigenvalue weighted by atomic mass is 16.2. The van der Waals surface area contributed by atoms with Crippen molar-refractivity contribution in [3.63, 3.8) is 0 Å². The van der Waals surface area contributed by atoms with Crippen molar-refractivity contribution in [3.8, 4) is 0 Å². The maximum Gasteiger partial charge on any atom is 0.244 e. The molecule has 0 aliphatic rings. The fraction of sp³-hybridized carbons (Fsp3) is 0.846. The molecule has 0 aromatic carbocycles. The summed E-state index contributed by atoms with van der Waals surface area (Å²) in [5, 5.41) is 5.94. The Morgan fingerprint density at radius 3 is 2.28 bits per heavy atom. The predicted molar refractivity (Wildman–Crippen MR) is 73.3 cm³/mol. The van der Waals surface area contributed by atoms with Crippen molar-refractivity contribution < 1.29 is 9.59 Å². The van der Waals surface area contributed by atoms with Crippen LogP contribution >= 0.6 is 0 Å². The average molecular weight is 257 g/mol. The fourth-order valence-corrected chi connectivity index (χ4v) is 1.41. The van der Waals surface area contributed by atoms with E-state index >= 15 is 0 Å². The number of rotatable bonds is 6. The maximum absolute atomic E-state index is 11.7. The van der Waals surface area contributed by atoms with Gasteiger partial charge in [0.15, 0.2) is 0 Å². The van der Waals surface area contributed by atoms with Gasteiger partial charge in [0, 0.05) is 32.1 Å². The van der Waals surface area contributed by atoms with E-state index in [1.807, 2.05) is 27.7 Å². The SMILES string of the molecule is CCN(C)C(=O)C(C)NC(=O)CCNC(C)(C)C. The van der Waals surface area contributed by atoms with Crippen molar-refractivity contribution in [1.29, 1.82) is 0 Å². The zero-order valence-corrected chi connectivity index (χ0v) is 12.5. The molecule has 2 amide bonds. The zero-order chi connectivity index (χ0) is 14.3.